The number of halogens is 1. The minimum Gasteiger partial charge on any atom is -0.457 e. The van der Waals surface area contributed by atoms with Crippen molar-refractivity contribution in [3.63, 3.8) is 0 Å². The SMILES string of the molecule is O=C(NCc1ccc(Oc2ccc(F)cc2)cc1)C1CC(=O)N(CCN2CCOCC2)C1. The van der Waals surface area contributed by atoms with Gasteiger partial charge in [0, 0.05) is 45.7 Å². The second-order valence-corrected chi connectivity index (χ2v) is 8.11. The van der Waals surface area contributed by atoms with Gasteiger partial charge in [-0.05, 0) is 42.0 Å². The summed E-state index contributed by atoms with van der Waals surface area (Å²) in [6, 6.07) is 13.2. The molecule has 0 radical (unpaired) electrons. The van der Waals surface area contributed by atoms with Crippen molar-refractivity contribution >= 4 is 11.8 Å². The fourth-order valence-corrected chi connectivity index (χ4v) is 3.90. The van der Waals surface area contributed by atoms with Crippen LogP contribution >= 0.6 is 0 Å². The van der Waals surface area contributed by atoms with Gasteiger partial charge in [-0.25, -0.2) is 4.39 Å². The first kappa shape index (κ1) is 22.2. The lowest BCUT2D eigenvalue weighted by Crippen LogP contribution is -2.42. The van der Waals surface area contributed by atoms with Gasteiger partial charge >= 0.3 is 0 Å². The molecule has 32 heavy (non-hydrogen) atoms. The molecule has 1 unspecified atom stereocenters. The molecule has 7 nitrogen and oxygen atoms in total. The number of hydrogen-bond acceptors (Lipinski definition) is 5. The van der Waals surface area contributed by atoms with Gasteiger partial charge in [0.25, 0.3) is 0 Å². The molecule has 2 aliphatic heterocycles. The summed E-state index contributed by atoms with van der Waals surface area (Å²) in [4.78, 5) is 29.0. The molecular weight excluding hydrogens is 413 g/mol. The normalized spacial score (nSPS) is 19.2. The van der Waals surface area contributed by atoms with Crippen molar-refractivity contribution in [1.82, 2.24) is 15.1 Å². The van der Waals surface area contributed by atoms with Gasteiger partial charge in [0.2, 0.25) is 11.8 Å². The van der Waals surface area contributed by atoms with Crippen LogP contribution in [0, 0.1) is 11.7 Å². The molecule has 2 aromatic rings. The van der Waals surface area contributed by atoms with E-state index >= 15 is 0 Å². The lowest BCUT2D eigenvalue weighted by molar-refractivity contribution is -0.129. The number of nitrogens with one attached hydrogen (secondary N) is 1. The van der Waals surface area contributed by atoms with E-state index in [0.29, 0.717) is 31.1 Å². The van der Waals surface area contributed by atoms with E-state index in [1.165, 1.54) is 12.1 Å². The number of carbonyl (C=O) groups is 2. The highest BCUT2D eigenvalue weighted by Crippen LogP contribution is 2.22. The molecular formula is C24H28FN3O4. The van der Waals surface area contributed by atoms with Crippen LogP contribution in [0.4, 0.5) is 4.39 Å². The minimum atomic E-state index is -0.312. The molecule has 0 spiro atoms. The summed E-state index contributed by atoms with van der Waals surface area (Å²) in [6.07, 6.45) is 0.263. The third-order valence-electron chi connectivity index (χ3n) is 5.81. The number of nitrogens with zero attached hydrogens (tertiary/aromatic N) is 2. The summed E-state index contributed by atoms with van der Waals surface area (Å²) in [5, 5.41) is 2.94. The molecule has 2 saturated heterocycles. The molecule has 2 fully saturated rings. The first-order valence-corrected chi connectivity index (χ1v) is 10.9. The molecule has 2 aromatic carbocycles. The van der Waals surface area contributed by atoms with Crippen molar-refractivity contribution in [2.75, 3.05) is 45.9 Å². The van der Waals surface area contributed by atoms with Crippen molar-refractivity contribution in [1.29, 1.82) is 0 Å². The zero-order chi connectivity index (χ0) is 22.3. The number of amides is 2. The highest BCUT2D eigenvalue weighted by Gasteiger charge is 2.34. The molecule has 4 rings (SSSR count). The van der Waals surface area contributed by atoms with E-state index < -0.39 is 0 Å². The van der Waals surface area contributed by atoms with Crippen molar-refractivity contribution in [2.45, 2.75) is 13.0 Å². The van der Waals surface area contributed by atoms with E-state index in [1.54, 1.807) is 29.2 Å². The first-order valence-electron chi connectivity index (χ1n) is 10.9. The highest BCUT2D eigenvalue weighted by molar-refractivity contribution is 5.89. The topological polar surface area (TPSA) is 71.1 Å². The van der Waals surface area contributed by atoms with Crippen molar-refractivity contribution in [3.05, 3.63) is 59.9 Å². The Labute approximate surface area is 187 Å². The standard InChI is InChI=1S/C24H28FN3O4/c25-20-3-7-22(8-4-20)32-21-5-1-18(2-6-21)16-26-24(30)19-15-23(29)28(17-19)10-9-27-11-13-31-14-12-27/h1-8,19H,9-17H2,(H,26,30). The van der Waals surface area contributed by atoms with Crippen LogP contribution in [0.1, 0.15) is 12.0 Å². The molecule has 2 amide bonds. The monoisotopic (exact) mass is 441 g/mol. The van der Waals surface area contributed by atoms with Gasteiger partial charge in [-0.15, -0.1) is 0 Å². The van der Waals surface area contributed by atoms with Gasteiger partial charge in [0.1, 0.15) is 17.3 Å². The van der Waals surface area contributed by atoms with Gasteiger partial charge in [-0.2, -0.15) is 0 Å². The lowest BCUT2D eigenvalue weighted by atomic mass is 10.1. The number of likely N-dealkylation sites (tertiary alicyclic amines) is 1. The average Bonchev–Trinajstić information content (AvgIpc) is 3.20. The second-order valence-electron chi connectivity index (χ2n) is 8.11. The molecule has 1 atom stereocenters. The van der Waals surface area contributed by atoms with E-state index in [9.17, 15) is 14.0 Å². The molecule has 0 aliphatic carbocycles. The fraction of sp³-hybridized carbons (Fsp3) is 0.417. The van der Waals surface area contributed by atoms with E-state index in [2.05, 4.69) is 10.2 Å². The molecule has 0 aromatic heterocycles. The summed E-state index contributed by atoms with van der Waals surface area (Å²) in [5.41, 5.74) is 0.929. The van der Waals surface area contributed by atoms with Gasteiger partial charge in [-0.1, -0.05) is 12.1 Å². The summed E-state index contributed by atoms with van der Waals surface area (Å²) >= 11 is 0. The Bertz CT molecular complexity index is 914. The summed E-state index contributed by atoms with van der Waals surface area (Å²) in [7, 11) is 0. The molecule has 2 aliphatic rings. The third-order valence-corrected chi connectivity index (χ3v) is 5.81. The summed E-state index contributed by atoms with van der Waals surface area (Å²) in [5.74, 6) is 0.501. The Morgan fingerprint density at radius 3 is 2.38 bits per heavy atom. The van der Waals surface area contributed by atoms with Gasteiger partial charge in [-0.3, -0.25) is 14.5 Å². The predicted octanol–water partition coefficient (Wildman–Crippen LogP) is 2.41. The zero-order valence-corrected chi connectivity index (χ0v) is 18.0. The third kappa shape index (κ3) is 6.05. The number of hydrogen-bond donors (Lipinski definition) is 1. The van der Waals surface area contributed by atoms with E-state index in [0.717, 1.165) is 38.4 Å². The largest absolute Gasteiger partial charge is 0.457 e. The van der Waals surface area contributed by atoms with Crippen LogP contribution in [-0.4, -0.2) is 67.6 Å². The lowest BCUT2D eigenvalue weighted by Gasteiger charge is -2.28. The van der Waals surface area contributed by atoms with Crippen LogP contribution in [0.15, 0.2) is 48.5 Å². The molecule has 170 valence electrons. The summed E-state index contributed by atoms with van der Waals surface area (Å²) < 4.78 is 24.0. The van der Waals surface area contributed by atoms with E-state index in [4.69, 9.17) is 9.47 Å². The van der Waals surface area contributed by atoms with Gasteiger partial charge in [0.15, 0.2) is 0 Å². The molecule has 2 heterocycles. The smallest absolute Gasteiger partial charge is 0.225 e. The number of ether oxygens (including phenoxy) is 2. The Morgan fingerprint density at radius 2 is 1.69 bits per heavy atom. The molecule has 1 N–H and O–H groups in total. The summed E-state index contributed by atoms with van der Waals surface area (Å²) in [6.45, 7) is 5.57. The Kier molecular flexibility index (Phi) is 7.34. The van der Waals surface area contributed by atoms with E-state index in [1.807, 2.05) is 12.1 Å². The van der Waals surface area contributed by atoms with Crippen LogP contribution in [0.5, 0.6) is 11.5 Å². The van der Waals surface area contributed by atoms with Crippen molar-refractivity contribution < 1.29 is 23.5 Å². The maximum atomic E-state index is 13.0. The van der Waals surface area contributed by atoms with Crippen LogP contribution in [0.25, 0.3) is 0 Å². The number of carbonyl (C=O) groups excluding carboxylic acids is 2. The van der Waals surface area contributed by atoms with Gasteiger partial charge < -0.3 is 19.7 Å². The Hall–Kier alpha value is -2.97. The van der Waals surface area contributed by atoms with E-state index in [-0.39, 0.29) is 30.0 Å². The highest BCUT2D eigenvalue weighted by atomic mass is 19.1. The van der Waals surface area contributed by atoms with Gasteiger partial charge in [0.05, 0.1) is 19.1 Å². The zero-order valence-electron chi connectivity index (χ0n) is 18.0. The maximum Gasteiger partial charge on any atom is 0.225 e. The molecule has 8 heteroatoms. The average molecular weight is 442 g/mol. The first-order chi connectivity index (χ1) is 15.6. The van der Waals surface area contributed by atoms with Crippen LogP contribution in [-0.2, 0) is 20.9 Å². The Morgan fingerprint density at radius 1 is 1.03 bits per heavy atom. The van der Waals surface area contributed by atoms with Crippen molar-refractivity contribution in [2.24, 2.45) is 5.92 Å². The Balaban J connectivity index is 1.21. The van der Waals surface area contributed by atoms with Crippen LogP contribution in [0.2, 0.25) is 0 Å². The number of rotatable bonds is 8. The van der Waals surface area contributed by atoms with Crippen molar-refractivity contribution in [3.8, 4) is 11.5 Å². The molecule has 0 bridgehead atoms. The number of benzene rings is 2. The fourth-order valence-electron chi connectivity index (χ4n) is 3.90. The number of morpholine rings is 1. The second kappa shape index (κ2) is 10.6. The quantitative estimate of drug-likeness (QED) is 0.681. The predicted molar refractivity (Wildman–Crippen MR) is 117 cm³/mol. The minimum absolute atomic E-state index is 0.0423. The molecule has 0 saturated carbocycles. The van der Waals surface area contributed by atoms with Crippen LogP contribution in [0.3, 0.4) is 0 Å². The van der Waals surface area contributed by atoms with Crippen LogP contribution < -0.4 is 10.1 Å². The maximum absolute atomic E-state index is 13.0.